The van der Waals surface area contributed by atoms with E-state index in [9.17, 15) is 18.0 Å². The number of esters is 1. The normalized spacial score (nSPS) is 13.1. The Bertz CT molecular complexity index is 252. The maximum absolute atomic E-state index is 11.8. The molecule has 0 aliphatic rings. The molecule has 0 amide bonds. The maximum Gasteiger partial charge on any atom is 0.422 e. The van der Waals surface area contributed by atoms with Crippen LogP contribution in [0, 0.1) is 5.92 Å². The molecule has 0 aliphatic carbocycles. The third-order valence-corrected chi connectivity index (χ3v) is 1.93. The second kappa shape index (κ2) is 6.55. The summed E-state index contributed by atoms with van der Waals surface area (Å²) in [5.41, 5.74) is 1.12. The number of halogens is 3. The summed E-state index contributed by atoms with van der Waals surface area (Å²) in [5, 5.41) is 0. The number of hydrogen-bond acceptors (Lipinski definition) is 2. The number of allylic oxidation sites excluding steroid dienone is 2. The van der Waals surface area contributed by atoms with Gasteiger partial charge in [0.15, 0.2) is 6.61 Å². The average Bonchev–Trinajstić information content (AvgIpc) is 2.12. The Morgan fingerprint density at radius 1 is 1.38 bits per heavy atom. The molecule has 0 bridgehead atoms. The van der Waals surface area contributed by atoms with Crippen molar-refractivity contribution in [2.45, 2.75) is 39.8 Å². The maximum atomic E-state index is 11.8. The largest absolute Gasteiger partial charge is 0.456 e. The zero-order chi connectivity index (χ0) is 12.8. The second-order valence-corrected chi connectivity index (χ2v) is 3.98. The first-order valence-electron chi connectivity index (χ1n) is 5.09. The van der Waals surface area contributed by atoms with Gasteiger partial charge in [-0.3, -0.25) is 4.79 Å². The standard InChI is InChI=1S/C11H17F3O2/c1-8(2)5-4-6-9(3)10(15)16-7-11(12,13)14/h5,9H,4,6-7H2,1-3H3. The fourth-order valence-electron chi connectivity index (χ4n) is 1.04. The van der Waals surface area contributed by atoms with Gasteiger partial charge in [-0.15, -0.1) is 0 Å². The van der Waals surface area contributed by atoms with Crippen molar-refractivity contribution in [3.63, 3.8) is 0 Å². The molecule has 0 aromatic heterocycles. The smallest absolute Gasteiger partial charge is 0.422 e. The van der Waals surface area contributed by atoms with E-state index in [4.69, 9.17) is 0 Å². The predicted octanol–water partition coefficient (Wildman–Crippen LogP) is 3.47. The zero-order valence-corrected chi connectivity index (χ0v) is 9.73. The molecule has 16 heavy (non-hydrogen) atoms. The van der Waals surface area contributed by atoms with Crippen molar-refractivity contribution < 1.29 is 22.7 Å². The van der Waals surface area contributed by atoms with E-state index in [1.165, 1.54) is 0 Å². The lowest BCUT2D eigenvalue weighted by molar-refractivity contribution is -0.188. The van der Waals surface area contributed by atoms with Crippen LogP contribution in [-0.4, -0.2) is 18.8 Å². The Labute approximate surface area is 93.5 Å². The highest BCUT2D eigenvalue weighted by Gasteiger charge is 2.30. The molecule has 0 fully saturated rings. The Balaban J connectivity index is 3.87. The Kier molecular flexibility index (Phi) is 6.14. The fraction of sp³-hybridized carbons (Fsp3) is 0.727. The summed E-state index contributed by atoms with van der Waals surface area (Å²) in [6.07, 6.45) is -1.34. The summed E-state index contributed by atoms with van der Waals surface area (Å²) in [7, 11) is 0. The van der Waals surface area contributed by atoms with Crippen molar-refractivity contribution >= 4 is 5.97 Å². The van der Waals surface area contributed by atoms with Crippen LogP contribution in [0.15, 0.2) is 11.6 Å². The zero-order valence-electron chi connectivity index (χ0n) is 9.73. The highest BCUT2D eigenvalue weighted by molar-refractivity contribution is 5.71. The molecule has 1 atom stereocenters. The summed E-state index contributed by atoms with van der Waals surface area (Å²) >= 11 is 0. The Morgan fingerprint density at radius 3 is 2.38 bits per heavy atom. The van der Waals surface area contributed by atoms with Crippen LogP contribution in [0.4, 0.5) is 13.2 Å². The molecule has 0 heterocycles. The van der Waals surface area contributed by atoms with Gasteiger partial charge in [-0.05, 0) is 26.7 Å². The average molecular weight is 238 g/mol. The third-order valence-electron chi connectivity index (χ3n) is 1.93. The van der Waals surface area contributed by atoms with Gasteiger partial charge in [-0.1, -0.05) is 18.6 Å². The molecular formula is C11H17F3O2. The minimum absolute atomic E-state index is 0.502. The molecule has 0 saturated carbocycles. The topological polar surface area (TPSA) is 26.3 Å². The van der Waals surface area contributed by atoms with Crippen LogP contribution in [0.1, 0.15) is 33.6 Å². The SMILES string of the molecule is CC(C)=CCCC(C)C(=O)OCC(F)(F)F. The van der Waals surface area contributed by atoms with E-state index in [-0.39, 0.29) is 0 Å². The molecule has 0 aromatic carbocycles. The van der Waals surface area contributed by atoms with Crippen molar-refractivity contribution in [3.05, 3.63) is 11.6 Å². The molecule has 0 aliphatic heterocycles. The molecule has 0 spiro atoms. The van der Waals surface area contributed by atoms with E-state index in [2.05, 4.69) is 4.74 Å². The first-order valence-corrected chi connectivity index (χ1v) is 5.09. The van der Waals surface area contributed by atoms with E-state index >= 15 is 0 Å². The highest BCUT2D eigenvalue weighted by Crippen LogP contribution is 2.16. The molecular weight excluding hydrogens is 221 g/mol. The van der Waals surface area contributed by atoms with Gasteiger partial charge in [-0.2, -0.15) is 13.2 Å². The molecule has 0 saturated heterocycles. The van der Waals surface area contributed by atoms with Gasteiger partial charge >= 0.3 is 12.1 Å². The Morgan fingerprint density at radius 2 is 1.94 bits per heavy atom. The van der Waals surface area contributed by atoms with Crippen molar-refractivity contribution in [3.8, 4) is 0 Å². The van der Waals surface area contributed by atoms with E-state index in [0.29, 0.717) is 12.8 Å². The molecule has 0 rings (SSSR count). The minimum atomic E-state index is -4.45. The predicted molar refractivity (Wildman–Crippen MR) is 54.8 cm³/mol. The number of alkyl halides is 3. The van der Waals surface area contributed by atoms with E-state index < -0.39 is 24.7 Å². The van der Waals surface area contributed by atoms with Gasteiger partial charge in [-0.25, -0.2) is 0 Å². The van der Waals surface area contributed by atoms with Crippen molar-refractivity contribution in [2.75, 3.05) is 6.61 Å². The summed E-state index contributed by atoms with van der Waals surface area (Å²) < 4.78 is 39.4. The molecule has 2 nitrogen and oxygen atoms in total. The molecule has 5 heteroatoms. The van der Waals surface area contributed by atoms with Gasteiger partial charge in [0.25, 0.3) is 0 Å². The van der Waals surface area contributed by atoms with Crippen LogP contribution >= 0.6 is 0 Å². The summed E-state index contributed by atoms with van der Waals surface area (Å²) in [6.45, 7) is 3.91. The van der Waals surface area contributed by atoms with Crippen molar-refractivity contribution in [1.82, 2.24) is 0 Å². The number of carbonyl (C=O) groups is 1. The van der Waals surface area contributed by atoms with Crippen LogP contribution in [0.3, 0.4) is 0 Å². The monoisotopic (exact) mass is 238 g/mol. The molecule has 1 unspecified atom stereocenters. The number of rotatable bonds is 5. The molecule has 0 aromatic rings. The lowest BCUT2D eigenvalue weighted by Gasteiger charge is -2.12. The molecule has 0 N–H and O–H groups in total. The lowest BCUT2D eigenvalue weighted by atomic mass is 10.1. The van der Waals surface area contributed by atoms with Crippen LogP contribution in [0.2, 0.25) is 0 Å². The van der Waals surface area contributed by atoms with E-state index in [0.717, 1.165) is 5.57 Å². The number of hydrogen-bond donors (Lipinski definition) is 0. The quantitative estimate of drug-likeness (QED) is 0.541. The molecule has 0 radical (unpaired) electrons. The van der Waals surface area contributed by atoms with Gasteiger partial charge < -0.3 is 4.74 Å². The van der Waals surface area contributed by atoms with Crippen LogP contribution in [0.25, 0.3) is 0 Å². The first kappa shape index (κ1) is 15.0. The van der Waals surface area contributed by atoms with Gasteiger partial charge in [0.1, 0.15) is 0 Å². The number of carbonyl (C=O) groups excluding carboxylic acids is 1. The van der Waals surface area contributed by atoms with Gasteiger partial charge in [0, 0.05) is 0 Å². The third kappa shape index (κ3) is 8.32. The van der Waals surface area contributed by atoms with Crippen molar-refractivity contribution in [1.29, 1.82) is 0 Å². The van der Waals surface area contributed by atoms with Crippen LogP contribution in [0.5, 0.6) is 0 Å². The number of ether oxygens (including phenoxy) is 1. The van der Waals surface area contributed by atoms with Crippen LogP contribution in [-0.2, 0) is 9.53 Å². The fourth-order valence-corrected chi connectivity index (χ4v) is 1.04. The minimum Gasteiger partial charge on any atom is -0.456 e. The highest BCUT2D eigenvalue weighted by atomic mass is 19.4. The van der Waals surface area contributed by atoms with Crippen molar-refractivity contribution in [2.24, 2.45) is 5.92 Å². The lowest BCUT2D eigenvalue weighted by Crippen LogP contribution is -2.23. The summed E-state index contributed by atoms with van der Waals surface area (Å²) in [4.78, 5) is 11.1. The second-order valence-electron chi connectivity index (χ2n) is 3.98. The van der Waals surface area contributed by atoms with Crippen LogP contribution < -0.4 is 0 Å². The summed E-state index contributed by atoms with van der Waals surface area (Å²) in [5.74, 6) is -1.29. The Hall–Kier alpha value is -1.00. The van der Waals surface area contributed by atoms with E-state index in [1.807, 2.05) is 19.9 Å². The molecule has 94 valence electrons. The first-order chi connectivity index (χ1) is 7.22. The summed E-state index contributed by atoms with van der Waals surface area (Å²) in [6, 6.07) is 0. The van der Waals surface area contributed by atoms with Gasteiger partial charge in [0.2, 0.25) is 0 Å². The van der Waals surface area contributed by atoms with Gasteiger partial charge in [0.05, 0.1) is 5.92 Å². The van der Waals surface area contributed by atoms with E-state index in [1.54, 1.807) is 6.92 Å².